The molecule has 2 aliphatic rings. The third-order valence-corrected chi connectivity index (χ3v) is 9.49. The number of carbonyl (C=O) groups excluding carboxylic acids is 1. The van der Waals surface area contributed by atoms with Crippen molar-refractivity contribution >= 4 is 40.8 Å². The Balaban J connectivity index is 0.000000797. The fourth-order valence-corrected chi connectivity index (χ4v) is 6.51. The van der Waals surface area contributed by atoms with Crippen molar-refractivity contribution in [2.24, 2.45) is 15.9 Å². The number of hydrogen-bond acceptors (Lipinski definition) is 6. The Morgan fingerprint density at radius 2 is 2.07 bits per heavy atom. The van der Waals surface area contributed by atoms with Gasteiger partial charge in [0.25, 0.3) is 0 Å². The number of hydrogen-bond donors (Lipinski definition) is 2. The summed E-state index contributed by atoms with van der Waals surface area (Å²) in [6, 6.07) is 5.71. The molecule has 46 heavy (non-hydrogen) atoms. The van der Waals surface area contributed by atoms with E-state index in [1.807, 2.05) is 13.0 Å². The molecule has 1 fully saturated rings. The number of aliphatic imine (C=N–C) groups is 2. The first-order valence-electron chi connectivity index (χ1n) is 16.1. The van der Waals surface area contributed by atoms with E-state index in [0.29, 0.717) is 49.0 Å². The zero-order chi connectivity index (χ0) is 34.1. The Labute approximate surface area is 282 Å². The highest BCUT2D eigenvalue weighted by Crippen LogP contribution is 2.36. The summed E-state index contributed by atoms with van der Waals surface area (Å²) < 4.78 is 37.6. The molecule has 4 atom stereocenters. The number of amides is 1. The van der Waals surface area contributed by atoms with Gasteiger partial charge >= 0.3 is 0 Å². The number of allylic oxidation sites excluding steroid dienone is 3. The van der Waals surface area contributed by atoms with E-state index in [-0.39, 0.29) is 29.4 Å². The molecule has 2 aliphatic heterocycles. The number of halogens is 4. The lowest BCUT2D eigenvalue weighted by Gasteiger charge is -2.35. The Bertz CT molecular complexity index is 1240. The van der Waals surface area contributed by atoms with Gasteiger partial charge in [0.1, 0.15) is 11.7 Å². The molecule has 2 heterocycles. The standard InChI is InChI=1S/C29H46F2N4O2S.C6H4ClF/c1-6-9-11-22(36)14-15-27(37)34-21-17-25-23(24(32-5)12-10-13-26(30)31)18-33-29(35(25)19-21)28(20(4)8-3)38-16-7-2;7-5-2-1-3-6(8)4-5/h7,10,12,16,20-22,26,28,36H,6,8-9,11,13-15,17-19H2,1-5H3,(H,34,37);1-4H/b12-10-,16-7-,32-24?;. The minimum absolute atomic E-state index is 0.0611. The normalized spacial score (nSPS) is 18.8. The van der Waals surface area contributed by atoms with Crippen LogP contribution in [0, 0.1) is 11.7 Å². The third kappa shape index (κ3) is 13.3. The number of carbonyl (C=O) groups is 1. The molecule has 0 aromatic heterocycles. The topological polar surface area (TPSA) is 77.3 Å². The molecule has 1 saturated heterocycles. The summed E-state index contributed by atoms with van der Waals surface area (Å²) in [6.07, 6.45) is 7.06. The number of amidine groups is 1. The number of fused-ring (bicyclic) bond motifs is 1. The number of thioether (sulfide) groups is 1. The maximum atomic E-state index is 12.8. The van der Waals surface area contributed by atoms with E-state index < -0.39 is 12.5 Å². The molecule has 0 bridgehead atoms. The lowest BCUT2D eigenvalue weighted by molar-refractivity contribution is -0.122. The van der Waals surface area contributed by atoms with Crippen LogP contribution in [0.25, 0.3) is 0 Å². The number of benzene rings is 1. The highest BCUT2D eigenvalue weighted by Gasteiger charge is 2.39. The van der Waals surface area contributed by atoms with E-state index in [2.05, 4.69) is 41.4 Å². The van der Waals surface area contributed by atoms with Crippen molar-refractivity contribution in [2.75, 3.05) is 20.1 Å². The Kier molecular flexibility index (Phi) is 18.4. The molecule has 1 aromatic rings. The van der Waals surface area contributed by atoms with Gasteiger partial charge in [0.05, 0.1) is 29.7 Å². The van der Waals surface area contributed by atoms with Crippen LogP contribution < -0.4 is 5.32 Å². The van der Waals surface area contributed by atoms with Gasteiger partial charge in [-0.25, -0.2) is 13.2 Å². The maximum absolute atomic E-state index is 12.8. The number of unbranched alkanes of at least 4 members (excludes halogenated alkanes) is 1. The monoisotopic (exact) mass is 682 g/mol. The van der Waals surface area contributed by atoms with Crippen LogP contribution in [0.2, 0.25) is 5.02 Å². The zero-order valence-electron chi connectivity index (χ0n) is 27.7. The van der Waals surface area contributed by atoms with Crippen molar-refractivity contribution in [1.82, 2.24) is 10.2 Å². The average Bonchev–Trinajstić information content (AvgIpc) is 3.45. The average molecular weight is 683 g/mol. The van der Waals surface area contributed by atoms with Crippen molar-refractivity contribution in [2.45, 2.75) is 103 Å². The third-order valence-electron chi connectivity index (χ3n) is 7.86. The number of nitrogens with zero attached hydrogens (tertiary/aromatic N) is 3. The molecule has 0 radical (unpaired) electrons. The molecule has 3 rings (SSSR count). The molecular weight excluding hydrogens is 633 g/mol. The van der Waals surface area contributed by atoms with Gasteiger partial charge in [0.15, 0.2) is 0 Å². The number of aliphatic hydroxyl groups is 1. The van der Waals surface area contributed by atoms with E-state index in [9.17, 15) is 23.1 Å². The molecule has 11 heteroatoms. The van der Waals surface area contributed by atoms with E-state index in [1.165, 1.54) is 18.2 Å². The van der Waals surface area contributed by atoms with Gasteiger partial charge in [-0.15, -0.1) is 11.8 Å². The fraction of sp³-hybridized carbons (Fsp3) is 0.571. The van der Waals surface area contributed by atoms with E-state index in [0.717, 1.165) is 42.8 Å². The van der Waals surface area contributed by atoms with Gasteiger partial charge in [-0.1, -0.05) is 69.9 Å². The molecule has 0 spiro atoms. The Morgan fingerprint density at radius 1 is 1.30 bits per heavy atom. The van der Waals surface area contributed by atoms with Crippen LogP contribution in [0.15, 0.2) is 69.2 Å². The number of alkyl halides is 2. The van der Waals surface area contributed by atoms with Gasteiger partial charge in [-0.3, -0.25) is 14.8 Å². The lowest BCUT2D eigenvalue weighted by atomic mass is 9.99. The van der Waals surface area contributed by atoms with Crippen LogP contribution in [0.5, 0.6) is 0 Å². The summed E-state index contributed by atoms with van der Waals surface area (Å²) in [5, 5.41) is 16.0. The van der Waals surface area contributed by atoms with Crippen LogP contribution in [-0.4, -0.2) is 71.4 Å². The molecule has 0 saturated carbocycles. The SMILES string of the molecule is C/C=C\SC(C1=NCC(C(/C=C\CC(F)F)=NC)=C2CC(NC(=O)CCC(O)CCCC)CN12)C(C)CC.Fc1cccc(Cl)c1. The van der Waals surface area contributed by atoms with Gasteiger partial charge in [-0.05, 0) is 55.4 Å². The largest absolute Gasteiger partial charge is 0.393 e. The smallest absolute Gasteiger partial charge is 0.242 e. The van der Waals surface area contributed by atoms with Gasteiger partial charge in [0, 0.05) is 49.1 Å². The van der Waals surface area contributed by atoms with Crippen LogP contribution in [0.3, 0.4) is 0 Å². The summed E-state index contributed by atoms with van der Waals surface area (Å²) in [5.74, 6) is 1.03. The van der Waals surface area contributed by atoms with Crippen LogP contribution in [0.1, 0.15) is 79.1 Å². The van der Waals surface area contributed by atoms with Crippen LogP contribution in [-0.2, 0) is 4.79 Å². The van der Waals surface area contributed by atoms with Crippen molar-refractivity contribution < 1.29 is 23.1 Å². The first-order chi connectivity index (χ1) is 22.0. The fourth-order valence-electron chi connectivity index (χ4n) is 5.22. The van der Waals surface area contributed by atoms with E-state index >= 15 is 0 Å². The Hall–Kier alpha value is -2.56. The predicted octanol–water partition coefficient (Wildman–Crippen LogP) is 8.62. The van der Waals surface area contributed by atoms with Crippen LogP contribution in [0.4, 0.5) is 13.2 Å². The molecule has 256 valence electrons. The maximum Gasteiger partial charge on any atom is 0.242 e. The van der Waals surface area contributed by atoms with Crippen molar-refractivity contribution in [3.05, 3.63) is 70.0 Å². The second kappa shape index (κ2) is 21.3. The van der Waals surface area contributed by atoms with Gasteiger partial charge < -0.3 is 15.3 Å². The highest BCUT2D eigenvalue weighted by molar-refractivity contribution is 8.03. The highest BCUT2D eigenvalue weighted by atomic mass is 35.5. The number of aliphatic hydroxyl groups excluding tert-OH is 1. The molecule has 0 aliphatic carbocycles. The summed E-state index contributed by atoms with van der Waals surface area (Å²) in [6.45, 7) is 9.53. The summed E-state index contributed by atoms with van der Waals surface area (Å²) in [5.41, 5.74) is 2.63. The summed E-state index contributed by atoms with van der Waals surface area (Å²) in [4.78, 5) is 24.4. The molecule has 6 nitrogen and oxygen atoms in total. The second-order valence-electron chi connectivity index (χ2n) is 11.5. The van der Waals surface area contributed by atoms with Crippen molar-refractivity contribution in [3.63, 3.8) is 0 Å². The number of rotatable bonds is 16. The first kappa shape index (κ1) is 39.6. The minimum atomic E-state index is -2.40. The molecule has 1 amide bonds. The zero-order valence-corrected chi connectivity index (χ0v) is 29.3. The quantitative estimate of drug-likeness (QED) is 0.171. The van der Waals surface area contributed by atoms with E-state index in [4.69, 9.17) is 16.6 Å². The predicted molar refractivity (Wildman–Crippen MR) is 188 cm³/mol. The second-order valence-corrected chi connectivity index (χ2v) is 13.0. The summed E-state index contributed by atoms with van der Waals surface area (Å²) in [7, 11) is 1.67. The molecule has 4 unspecified atom stereocenters. The van der Waals surface area contributed by atoms with Crippen molar-refractivity contribution in [3.8, 4) is 0 Å². The van der Waals surface area contributed by atoms with E-state index in [1.54, 1.807) is 37.0 Å². The van der Waals surface area contributed by atoms with Crippen molar-refractivity contribution in [1.29, 1.82) is 0 Å². The number of nitrogens with one attached hydrogen (secondary N) is 1. The minimum Gasteiger partial charge on any atom is -0.393 e. The van der Waals surface area contributed by atoms with Gasteiger partial charge in [-0.2, -0.15) is 0 Å². The summed E-state index contributed by atoms with van der Waals surface area (Å²) >= 11 is 7.16. The lowest BCUT2D eigenvalue weighted by Crippen LogP contribution is -2.44. The molecule has 1 aromatic carbocycles. The van der Waals surface area contributed by atoms with Crippen LogP contribution >= 0.6 is 23.4 Å². The Morgan fingerprint density at radius 3 is 2.65 bits per heavy atom. The molecule has 2 N–H and O–H groups in total. The van der Waals surface area contributed by atoms with Gasteiger partial charge in [0.2, 0.25) is 12.3 Å². The molecular formula is C35H50ClF3N4O2S. The first-order valence-corrected chi connectivity index (χ1v) is 17.5.